The second-order valence-electron chi connectivity index (χ2n) is 5.91. The minimum atomic E-state index is 0.0420. The first-order chi connectivity index (χ1) is 11.6. The van der Waals surface area contributed by atoms with Gasteiger partial charge in [-0.3, -0.25) is 4.79 Å². The zero-order valence-electron chi connectivity index (χ0n) is 14.5. The molecule has 1 amide bonds. The molecule has 4 nitrogen and oxygen atoms in total. The second kappa shape index (κ2) is 8.96. The average Bonchev–Trinajstić information content (AvgIpc) is 2.59. The quantitative estimate of drug-likeness (QED) is 0.803. The molecule has 2 rings (SSSR count). The minimum absolute atomic E-state index is 0.0420. The van der Waals surface area contributed by atoms with Gasteiger partial charge in [0.1, 0.15) is 0 Å². The van der Waals surface area contributed by atoms with Gasteiger partial charge in [-0.05, 0) is 43.5 Å². The Hall–Kier alpha value is -2.49. The van der Waals surface area contributed by atoms with E-state index in [-0.39, 0.29) is 12.0 Å². The number of amides is 1. The number of aryl methyl sites for hydroxylation is 1. The van der Waals surface area contributed by atoms with Crippen molar-refractivity contribution in [3.05, 3.63) is 59.7 Å². The van der Waals surface area contributed by atoms with E-state index in [1.54, 1.807) is 7.11 Å². The van der Waals surface area contributed by atoms with Gasteiger partial charge in [0, 0.05) is 13.0 Å². The predicted molar refractivity (Wildman–Crippen MR) is 95.4 cm³/mol. The van der Waals surface area contributed by atoms with Crippen molar-refractivity contribution in [3.8, 4) is 11.5 Å². The van der Waals surface area contributed by atoms with E-state index in [1.807, 2.05) is 62.4 Å². The van der Waals surface area contributed by atoms with Crippen LogP contribution in [0.3, 0.4) is 0 Å². The maximum Gasteiger partial charge on any atom is 0.220 e. The van der Waals surface area contributed by atoms with E-state index >= 15 is 0 Å². The predicted octanol–water partition coefficient (Wildman–Crippen LogP) is 3.73. The van der Waals surface area contributed by atoms with Crippen LogP contribution < -0.4 is 14.8 Å². The highest BCUT2D eigenvalue weighted by Crippen LogP contribution is 2.28. The van der Waals surface area contributed by atoms with Crippen LogP contribution in [-0.4, -0.2) is 19.1 Å². The summed E-state index contributed by atoms with van der Waals surface area (Å²) in [7, 11) is 1.62. The highest BCUT2D eigenvalue weighted by Gasteiger charge is 2.08. The molecular formula is C20H25NO3. The van der Waals surface area contributed by atoms with Gasteiger partial charge in [-0.1, -0.05) is 36.4 Å². The van der Waals surface area contributed by atoms with Gasteiger partial charge in [-0.25, -0.2) is 0 Å². The Bertz CT molecular complexity index is 653. The molecule has 0 saturated heterocycles. The van der Waals surface area contributed by atoms with Gasteiger partial charge in [-0.2, -0.15) is 0 Å². The first-order valence-corrected chi connectivity index (χ1v) is 8.22. The van der Waals surface area contributed by atoms with E-state index in [0.717, 1.165) is 12.0 Å². The average molecular weight is 327 g/mol. The second-order valence-corrected chi connectivity index (χ2v) is 5.91. The van der Waals surface area contributed by atoms with Crippen LogP contribution in [0.25, 0.3) is 0 Å². The summed E-state index contributed by atoms with van der Waals surface area (Å²) in [5.41, 5.74) is 2.15. The lowest BCUT2D eigenvalue weighted by atomic mass is 10.1. The summed E-state index contributed by atoms with van der Waals surface area (Å²) in [5, 5.41) is 2.95. The summed E-state index contributed by atoms with van der Waals surface area (Å²) in [6.07, 6.45) is 1.31. The Kier molecular flexibility index (Phi) is 6.67. The maximum absolute atomic E-state index is 12.0. The third-order valence-corrected chi connectivity index (χ3v) is 3.56. The van der Waals surface area contributed by atoms with Gasteiger partial charge in [-0.15, -0.1) is 0 Å². The van der Waals surface area contributed by atoms with Gasteiger partial charge < -0.3 is 14.8 Å². The topological polar surface area (TPSA) is 47.6 Å². The van der Waals surface area contributed by atoms with E-state index in [4.69, 9.17) is 9.47 Å². The standard InChI is InChI=1S/C20H25NO3/c1-15(2)24-18-11-9-17(13-19(18)23-3)14-21-20(22)12-10-16-7-5-4-6-8-16/h4-9,11,13,15H,10,12,14H2,1-3H3,(H,21,22). The minimum Gasteiger partial charge on any atom is -0.493 e. The number of ether oxygens (including phenoxy) is 2. The number of rotatable bonds is 8. The normalized spacial score (nSPS) is 10.5. The zero-order valence-corrected chi connectivity index (χ0v) is 14.5. The molecule has 0 aromatic heterocycles. The highest BCUT2D eigenvalue weighted by atomic mass is 16.5. The molecule has 1 N–H and O–H groups in total. The molecule has 0 heterocycles. The van der Waals surface area contributed by atoms with Crippen molar-refractivity contribution >= 4 is 5.91 Å². The largest absolute Gasteiger partial charge is 0.493 e. The number of carbonyl (C=O) groups is 1. The molecule has 2 aromatic carbocycles. The number of methoxy groups -OCH3 is 1. The fourth-order valence-corrected chi connectivity index (χ4v) is 2.36. The summed E-state index contributed by atoms with van der Waals surface area (Å²) in [6.45, 7) is 4.42. The first kappa shape index (κ1) is 17.9. The van der Waals surface area contributed by atoms with Crippen molar-refractivity contribution in [2.45, 2.75) is 39.3 Å². The van der Waals surface area contributed by atoms with Crippen LogP contribution in [0.15, 0.2) is 48.5 Å². The van der Waals surface area contributed by atoms with Gasteiger partial charge >= 0.3 is 0 Å². The third-order valence-electron chi connectivity index (χ3n) is 3.56. The van der Waals surface area contributed by atoms with Crippen molar-refractivity contribution in [3.63, 3.8) is 0 Å². The van der Waals surface area contributed by atoms with Crippen molar-refractivity contribution in [2.75, 3.05) is 7.11 Å². The van der Waals surface area contributed by atoms with Gasteiger partial charge in [0.25, 0.3) is 0 Å². The summed E-state index contributed by atoms with van der Waals surface area (Å²) >= 11 is 0. The van der Waals surface area contributed by atoms with Crippen molar-refractivity contribution in [1.29, 1.82) is 0 Å². The summed E-state index contributed by atoms with van der Waals surface area (Å²) in [4.78, 5) is 12.0. The SMILES string of the molecule is COc1cc(CNC(=O)CCc2ccccc2)ccc1OC(C)C. The van der Waals surface area contributed by atoms with Crippen LogP contribution in [0.2, 0.25) is 0 Å². The number of hydrogen-bond donors (Lipinski definition) is 1. The molecule has 0 saturated carbocycles. The van der Waals surface area contributed by atoms with Crippen LogP contribution in [0.1, 0.15) is 31.4 Å². The van der Waals surface area contributed by atoms with Crippen molar-refractivity contribution < 1.29 is 14.3 Å². The molecule has 0 aliphatic heterocycles. The maximum atomic E-state index is 12.0. The smallest absolute Gasteiger partial charge is 0.220 e. The molecule has 0 atom stereocenters. The van der Waals surface area contributed by atoms with E-state index in [9.17, 15) is 4.79 Å². The molecular weight excluding hydrogens is 302 g/mol. The fourth-order valence-electron chi connectivity index (χ4n) is 2.36. The number of nitrogens with one attached hydrogen (secondary N) is 1. The zero-order chi connectivity index (χ0) is 17.4. The van der Waals surface area contributed by atoms with E-state index in [2.05, 4.69) is 5.32 Å². The summed E-state index contributed by atoms with van der Waals surface area (Å²) in [6, 6.07) is 15.7. The van der Waals surface area contributed by atoms with Crippen LogP contribution in [0.5, 0.6) is 11.5 Å². The monoisotopic (exact) mass is 327 g/mol. The van der Waals surface area contributed by atoms with E-state index in [1.165, 1.54) is 5.56 Å². The molecule has 0 radical (unpaired) electrons. The van der Waals surface area contributed by atoms with Crippen LogP contribution >= 0.6 is 0 Å². The molecule has 0 aliphatic rings. The molecule has 0 spiro atoms. The molecule has 2 aromatic rings. The Morgan fingerprint density at radius 2 is 1.79 bits per heavy atom. The first-order valence-electron chi connectivity index (χ1n) is 8.22. The van der Waals surface area contributed by atoms with Crippen LogP contribution in [0.4, 0.5) is 0 Å². The van der Waals surface area contributed by atoms with Gasteiger partial charge in [0.2, 0.25) is 5.91 Å². The number of carbonyl (C=O) groups excluding carboxylic acids is 1. The van der Waals surface area contributed by atoms with E-state index < -0.39 is 0 Å². The third kappa shape index (κ3) is 5.61. The Labute approximate surface area is 143 Å². The molecule has 0 fully saturated rings. The molecule has 0 aliphatic carbocycles. The van der Waals surface area contributed by atoms with Crippen LogP contribution in [0, 0.1) is 0 Å². The lowest BCUT2D eigenvalue weighted by Crippen LogP contribution is -2.23. The lowest BCUT2D eigenvalue weighted by molar-refractivity contribution is -0.121. The summed E-state index contributed by atoms with van der Waals surface area (Å²) in [5.74, 6) is 1.44. The fraction of sp³-hybridized carbons (Fsp3) is 0.350. The van der Waals surface area contributed by atoms with Gasteiger partial charge in [0.05, 0.1) is 13.2 Å². The molecule has 0 bridgehead atoms. The summed E-state index contributed by atoms with van der Waals surface area (Å²) < 4.78 is 11.1. The number of hydrogen-bond acceptors (Lipinski definition) is 3. The Balaban J connectivity index is 1.86. The Morgan fingerprint density at radius 1 is 1.04 bits per heavy atom. The molecule has 0 unspecified atom stereocenters. The van der Waals surface area contributed by atoms with Crippen LogP contribution in [-0.2, 0) is 17.8 Å². The highest BCUT2D eigenvalue weighted by molar-refractivity contribution is 5.76. The molecule has 24 heavy (non-hydrogen) atoms. The van der Waals surface area contributed by atoms with E-state index in [0.29, 0.717) is 24.5 Å². The molecule has 128 valence electrons. The van der Waals surface area contributed by atoms with Crippen molar-refractivity contribution in [1.82, 2.24) is 5.32 Å². The molecule has 4 heteroatoms. The number of benzene rings is 2. The lowest BCUT2D eigenvalue weighted by Gasteiger charge is -2.14. The van der Waals surface area contributed by atoms with Crippen molar-refractivity contribution in [2.24, 2.45) is 0 Å². The van der Waals surface area contributed by atoms with Gasteiger partial charge in [0.15, 0.2) is 11.5 Å². The Morgan fingerprint density at radius 3 is 2.46 bits per heavy atom.